The molecule has 1 aliphatic carbocycles. The summed E-state index contributed by atoms with van der Waals surface area (Å²) >= 11 is 1.64. The van der Waals surface area contributed by atoms with Gasteiger partial charge in [-0.3, -0.25) is 9.59 Å². The monoisotopic (exact) mass is 326 g/mol. The van der Waals surface area contributed by atoms with Gasteiger partial charge in [0.15, 0.2) is 0 Å². The van der Waals surface area contributed by atoms with Gasteiger partial charge in [0.2, 0.25) is 11.8 Å². The molecule has 1 aliphatic heterocycles. The number of amides is 2. The van der Waals surface area contributed by atoms with E-state index in [1.165, 1.54) is 0 Å². The number of hydrogen-bond acceptors (Lipinski definition) is 3. The highest BCUT2D eigenvalue weighted by Crippen LogP contribution is 2.50. The van der Waals surface area contributed by atoms with Gasteiger partial charge in [-0.2, -0.15) is 0 Å². The lowest BCUT2D eigenvalue weighted by atomic mass is 10.0. The summed E-state index contributed by atoms with van der Waals surface area (Å²) in [6.45, 7) is 2.30. The van der Waals surface area contributed by atoms with Crippen LogP contribution < -0.4 is 10.2 Å². The zero-order chi connectivity index (χ0) is 16.0. The number of benzene rings is 1. The third-order valence-electron chi connectivity index (χ3n) is 4.80. The Morgan fingerprint density at radius 1 is 1.26 bits per heavy atom. The molecule has 2 aromatic rings. The van der Waals surface area contributed by atoms with E-state index in [0.29, 0.717) is 0 Å². The van der Waals surface area contributed by atoms with Crippen molar-refractivity contribution >= 4 is 34.5 Å². The molecule has 0 radical (unpaired) electrons. The van der Waals surface area contributed by atoms with Crippen molar-refractivity contribution in [1.29, 1.82) is 0 Å². The fourth-order valence-electron chi connectivity index (χ4n) is 3.30. The smallest absolute Gasteiger partial charge is 0.235 e. The van der Waals surface area contributed by atoms with Crippen LogP contribution in [0.25, 0.3) is 0 Å². The van der Waals surface area contributed by atoms with Crippen LogP contribution in [0.4, 0.5) is 11.4 Å². The van der Waals surface area contributed by atoms with Crippen molar-refractivity contribution in [3.8, 4) is 0 Å². The minimum absolute atomic E-state index is 0.0458. The van der Waals surface area contributed by atoms with Crippen LogP contribution in [0.1, 0.15) is 30.2 Å². The van der Waals surface area contributed by atoms with E-state index < -0.39 is 0 Å². The Hall–Kier alpha value is -2.14. The first-order valence-electron chi connectivity index (χ1n) is 7.87. The van der Waals surface area contributed by atoms with Gasteiger partial charge in [0, 0.05) is 29.7 Å². The van der Waals surface area contributed by atoms with Crippen molar-refractivity contribution in [3.63, 3.8) is 0 Å². The Morgan fingerprint density at radius 2 is 2.09 bits per heavy atom. The summed E-state index contributed by atoms with van der Waals surface area (Å²) in [5, 5.41) is 5.07. The van der Waals surface area contributed by atoms with Crippen molar-refractivity contribution in [3.05, 3.63) is 46.2 Å². The van der Waals surface area contributed by atoms with Gasteiger partial charge < -0.3 is 10.2 Å². The standard InChI is InChI=1S/C18H18N2O2S/c1-12(21)20-9-6-13-4-5-14(11-15(13)20)19-17(22)18(7-8-18)16-3-2-10-23-16/h2-5,10-11H,6-9H2,1H3,(H,19,22). The molecule has 1 saturated carbocycles. The summed E-state index contributed by atoms with van der Waals surface area (Å²) in [6, 6.07) is 9.90. The fraction of sp³-hybridized carbons (Fsp3) is 0.333. The molecule has 1 N–H and O–H groups in total. The van der Waals surface area contributed by atoms with E-state index in [2.05, 4.69) is 5.32 Å². The number of thiophene rings is 1. The Morgan fingerprint density at radius 3 is 2.74 bits per heavy atom. The van der Waals surface area contributed by atoms with Crippen LogP contribution in [0.3, 0.4) is 0 Å². The second kappa shape index (κ2) is 5.20. The molecule has 1 aromatic heterocycles. The predicted octanol–water partition coefficient (Wildman–Crippen LogP) is 3.33. The number of rotatable bonds is 3. The molecule has 0 bridgehead atoms. The lowest BCUT2D eigenvalue weighted by Crippen LogP contribution is -2.27. The SMILES string of the molecule is CC(=O)N1CCc2ccc(NC(=O)C3(c4cccs4)CC3)cc21. The molecular weight excluding hydrogens is 308 g/mol. The number of hydrogen-bond donors (Lipinski definition) is 1. The molecule has 1 aromatic carbocycles. The van der Waals surface area contributed by atoms with E-state index in [9.17, 15) is 9.59 Å². The molecule has 4 rings (SSSR count). The molecule has 4 nitrogen and oxygen atoms in total. The Balaban J connectivity index is 1.57. The maximum Gasteiger partial charge on any atom is 0.235 e. The van der Waals surface area contributed by atoms with Crippen LogP contribution in [-0.2, 0) is 21.4 Å². The highest BCUT2D eigenvalue weighted by molar-refractivity contribution is 7.10. The van der Waals surface area contributed by atoms with Crippen LogP contribution in [0.5, 0.6) is 0 Å². The number of nitrogens with one attached hydrogen (secondary N) is 1. The van der Waals surface area contributed by atoms with E-state index in [4.69, 9.17) is 0 Å². The Bertz CT molecular complexity index is 778. The largest absolute Gasteiger partial charge is 0.325 e. The Kier molecular flexibility index (Phi) is 3.27. The zero-order valence-corrected chi connectivity index (χ0v) is 13.8. The summed E-state index contributed by atoms with van der Waals surface area (Å²) < 4.78 is 0. The molecule has 118 valence electrons. The van der Waals surface area contributed by atoms with Gasteiger partial charge in [0.05, 0.1) is 5.41 Å². The van der Waals surface area contributed by atoms with Gasteiger partial charge in [-0.1, -0.05) is 12.1 Å². The molecule has 2 heterocycles. The molecule has 0 unspecified atom stereocenters. The van der Waals surface area contributed by atoms with Gasteiger partial charge >= 0.3 is 0 Å². The summed E-state index contributed by atoms with van der Waals surface area (Å²) in [5.41, 5.74) is 2.52. The molecule has 1 fully saturated rings. The maximum atomic E-state index is 12.7. The average molecular weight is 326 g/mol. The molecule has 0 spiro atoms. The highest BCUT2D eigenvalue weighted by atomic mass is 32.1. The molecule has 2 aliphatic rings. The highest BCUT2D eigenvalue weighted by Gasteiger charge is 2.52. The molecule has 23 heavy (non-hydrogen) atoms. The van der Waals surface area contributed by atoms with Crippen molar-refractivity contribution in [2.45, 2.75) is 31.6 Å². The van der Waals surface area contributed by atoms with Crippen molar-refractivity contribution in [1.82, 2.24) is 0 Å². The molecule has 5 heteroatoms. The van der Waals surface area contributed by atoms with E-state index >= 15 is 0 Å². The van der Waals surface area contributed by atoms with Crippen LogP contribution in [0.2, 0.25) is 0 Å². The second-order valence-electron chi connectivity index (χ2n) is 6.28. The van der Waals surface area contributed by atoms with E-state index in [-0.39, 0.29) is 17.2 Å². The maximum absolute atomic E-state index is 12.7. The fourth-order valence-corrected chi connectivity index (χ4v) is 4.28. The van der Waals surface area contributed by atoms with Gasteiger partial charge in [0.1, 0.15) is 0 Å². The molecular formula is C18H18N2O2S. The van der Waals surface area contributed by atoms with Gasteiger partial charge in [-0.15, -0.1) is 11.3 Å². The summed E-state index contributed by atoms with van der Waals surface area (Å²) in [4.78, 5) is 27.3. The van der Waals surface area contributed by atoms with Gasteiger partial charge in [-0.05, 0) is 48.4 Å². The van der Waals surface area contributed by atoms with Crippen molar-refractivity contribution in [2.24, 2.45) is 0 Å². The third kappa shape index (κ3) is 2.36. The van der Waals surface area contributed by atoms with Crippen LogP contribution in [0.15, 0.2) is 35.7 Å². The van der Waals surface area contributed by atoms with E-state index in [1.807, 2.05) is 35.7 Å². The zero-order valence-electron chi connectivity index (χ0n) is 13.0. The molecule has 0 atom stereocenters. The van der Waals surface area contributed by atoms with Crippen LogP contribution >= 0.6 is 11.3 Å². The van der Waals surface area contributed by atoms with E-state index in [0.717, 1.165) is 47.6 Å². The Labute approximate surface area is 139 Å². The molecule has 0 saturated heterocycles. The number of nitrogens with zero attached hydrogens (tertiary/aromatic N) is 1. The minimum atomic E-state index is -0.340. The lowest BCUT2D eigenvalue weighted by Gasteiger charge is -2.17. The lowest BCUT2D eigenvalue weighted by molar-refractivity contribution is -0.118. The third-order valence-corrected chi connectivity index (χ3v) is 5.87. The topological polar surface area (TPSA) is 49.4 Å². The number of anilines is 2. The second-order valence-corrected chi connectivity index (χ2v) is 7.23. The number of carbonyl (C=O) groups is 2. The first-order valence-corrected chi connectivity index (χ1v) is 8.75. The number of carbonyl (C=O) groups excluding carboxylic acids is 2. The van der Waals surface area contributed by atoms with Crippen molar-refractivity contribution in [2.75, 3.05) is 16.8 Å². The first kappa shape index (κ1) is 14.5. The quantitative estimate of drug-likeness (QED) is 0.940. The summed E-state index contributed by atoms with van der Waals surface area (Å²) in [6.07, 6.45) is 2.69. The van der Waals surface area contributed by atoms with Crippen molar-refractivity contribution < 1.29 is 9.59 Å². The summed E-state index contributed by atoms with van der Waals surface area (Å²) in [7, 11) is 0. The first-order chi connectivity index (χ1) is 11.1. The van der Waals surface area contributed by atoms with Crippen LogP contribution in [0, 0.1) is 0 Å². The summed E-state index contributed by atoms with van der Waals surface area (Å²) in [5.74, 6) is 0.108. The van der Waals surface area contributed by atoms with E-state index in [1.54, 1.807) is 23.2 Å². The van der Waals surface area contributed by atoms with Gasteiger partial charge in [-0.25, -0.2) is 0 Å². The van der Waals surface area contributed by atoms with Crippen LogP contribution in [-0.4, -0.2) is 18.4 Å². The number of fused-ring (bicyclic) bond motifs is 1. The average Bonchev–Trinajstić information content (AvgIpc) is 2.98. The predicted molar refractivity (Wildman–Crippen MR) is 92.0 cm³/mol. The molecule has 2 amide bonds. The normalized spacial score (nSPS) is 17.7. The van der Waals surface area contributed by atoms with Gasteiger partial charge in [0.25, 0.3) is 0 Å². The minimum Gasteiger partial charge on any atom is -0.325 e.